The largest absolute Gasteiger partial charge is 0.416 e. The van der Waals surface area contributed by atoms with Gasteiger partial charge in [-0.15, -0.1) is 0 Å². The molecule has 0 atom stereocenters. The average molecular weight is 240 g/mol. The van der Waals surface area contributed by atoms with Gasteiger partial charge in [-0.3, -0.25) is 4.98 Å². The van der Waals surface area contributed by atoms with Gasteiger partial charge in [0.15, 0.2) is 0 Å². The molecule has 5 heteroatoms. The van der Waals surface area contributed by atoms with Gasteiger partial charge in [0.1, 0.15) is 0 Å². The number of halogens is 3. The lowest BCUT2D eigenvalue weighted by atomic mass is 10.0. The van der Waals surface area contributed by atoms with Crippen molar-refractivity contribution in [2.24, 2.45) is 5.73 Å². The predicted octanol–water partition coefficient (Wildman–Crippen LogP) is 3.02. The summed E-state index contributed by atoms with van der Waals surface area (Å²) in [6.45, 7) is 2.03. The molecule has 2 aromatic rings. The number of nitrogens with two attached hydrogens (primary N) is 1. The van der Waals surface area contributed by atoms with E-state index < -0.39 is 11.7 Å². The number of alkyl halides is 3. The molecule has 0 aliphatic carbocycles. The van der Waals surface area contributed by atoms with Crippen molar-refractivity contribution in [1.29, 1.82) is 0 Å². The lowest BCUT2D eigenvalue weighted by Crippen LogP contribution is -2.06. The van der Waals surface area contributed by atoms with Crippen LogP contribution in [0.1, 0.15) is 16.7 Å². The number of aromatic nitrogens is 1. The Bertz CT molecular complexity index is 561. The SMILES string of the molecule is Cc1c(CN)cnc2ccc(C(F)(F)F)cc12. The highest BCUT2D eigenvalue weighted by molar-refractivity contribution is 5.83. The van der Waals surface area contributed by atoms with Crippen molar-refractivity contribution in [3.63, 3.8) is 0 Å². The molecule has 90 valence electrons. The molecule has 2 nitrogen and oxygen atoms in total. The van der Waals surface area contributed by atoms with E-state index >= 15 is 0 Å². The van der Waals surface area contributed by atoms with Crippen LogP contribution >= 0.6 is 0 Å². The maximum Gasteiger partial charge on any atom is 0.416 e. The fourth-order valence-corrected chi connectivity index (χ4v) is 1.75. The van der Waals surface area contributed by atoms with Crippen molar-refractivity contribution < 1.29 is 13.2 Å². The molecule has 0 radical (unpaired) electrons. The summed E-state index contributed by atoms with van der Waals surface area (Å²) in [5, 5.41) is 0.503. The highest BCUT2D eigenvalue weighted by Gasteiger charge is 2.30. The second-order valence-electron chi connectivity index (χ2n) is 3.84. The summed E-state index contributed by atoms with van der Waals surface area (Å²) >= 11 is 0. The molecule has 0 aliphatic rings. The molecule has 1 aromatic heterocycles. The van der Waals surface area contributed by atoms with Gasteiger partial charge in [0, 0.05) is 18.1 Å². The van der Waals surface area contributed by atoms with Crippen LogP contribution in [0.25, 0.3) is 10.9 Å². The molecule has 0 amide bonds. The third-order valence-electron chi connectivity index (χ3n) is 2.79. The molecule has 0 unspecified atom stereocenters. The molecule has 2 N–H and O–H groups in total. The first kappa shape index (κ1) is 11.9. The van der Waals surface area contributed by atoms with Crippen LogP contribution in [-0.4, -0.2) is 4.98 Å². The minimum atomic E-state index is -4.33. The number of fused-ring (bicyclic) bond motifs is 1. The van der Waals surface area contributed by atoms with Crippen molar-refractivity contribution in [1.82, 2.24) is 4.98 Å². The summed E-state index contributed by atoms with van der Waals surface area (Å²) in [7, 11) is 0. The van der Waals surface area contributed by atoms with E-state index in [1.165, 1.54) is 6.07 Å². The van der Waals surface area contributed by atoms with Crippen LogP contribution in [0.3, 0.4) is 0 Å². The quantitative estimate of drug-likeness (QED) is 0.832. The van der Waals surface area contributed by atoms with E-state index in [9.17, 15) is 13.2 Å². The minimum Gasteiger partial charge on any atom is -0.326 e. The molecule has 2 rings (SSSR count). The van der Waals surface area contributed by atoms with E-state index in [0.717, 1.165) is 23.3 Å². The standard InChI is InChI=1S/C12H11F3N2/c1-7-8(5-16)6-17-11-3-2-9(4-10(7)11)12(13,14)15/h2-4,6H,5,16H2,1H3. The molecular formula is C12H11F3N2. The zero-order valence-corrected chi connectivity index (χ0v) is 9.17. The van der Waals surface area contributed by atoms with Crippen LogP contribution in [0, 0.1) is 6.92 Å². The van der Waals surface area contributed by atoms with Gasteiger partial charge in [0.2, 0.25) is 0 Å². The van der Waals surface area contributed by atoms with Crippen molar-refractivity contribution in [2.75, 3.05) is 0 Å². The molecule has 0 bridgehead atoms. The van der Waals surface area contributed by atoms with Crippen LogP contribution < -0.4 is 5.73 Å². The third-order valence-corrected chi connectivity index (χ3v) is 2.79. The van der Waals surface area contributed by atoms with Gasteiger partial charge in [-0.25, -0.2) is 0 Å². The number of hydrogen-bond acceptors (Lipinski definition) is 2. The van der Waals surface area contributed by atoms with Gasteiger partial charge < -0.3 is 5.73 Å². The molecule has 17 heavy (non-hydrogen) atoms. The summed E-state index contributed by atoms with van der Waals surface area (Å²) in [5.74, 6) is 0. The Morgan fingerprint density at radius 1 is 1.29 bits per heavy atom. The maximum atomic E-state index is 12.6. The number of rotatable bonds is 1. The number of hydrogen-bond donors (Lipinski definition) is 1. The molecular weight excluding hydrogens is 229 g/mol. The Labute approximate surface area is 96.3 Å². The first-order valence-electron chi connectivity index (χ1n) is 5.09. The van der Waals surface area contributed by atoms with Crippen LogP contribution in [0.4, 0.5) is 13.2 Å². The first-order chi connectivity index (χ1) is 7.93. The van der Waals surface area contributed by atoms with Crippen LogP contribution in [0.5, 0.6) is 0 Å². The van der Waals surface area contributed by atoms with Gasteiger partial charge in [0.25, 0.3) is 0 Å². The van der Waals surface area contributed by atoms with E-state index in [1.54, 1.807) is 13.1 Å². The molecule has 0 aliphatic heterocycles. The second kappa shape index (κ2) is 4.00. The van der Waals surface area contributed by atoms with E-state index in [0.29, 0.717) is 10.9 Å². The van der Waals surface area contributed by atoms with Crippen molar-refractivity contribution in [2.45, 2.75) is 19.6 Å². The Balaban J connectivity index is 2.71. The molecule has 0 spiro atoms. The van der Waals surface area contributed by atoms with Crippen LogP contribution in [0.2, 0.25) is 0 Å². The zero-order valence-electron chi connectivity index (χ0n) is 9.17. The van der Waals surface area contributed by atoms with E-state index in [4.69, 9.17) is 5.73 Å². The molecule has 0 fully saturated rings. The lowest BCUT2D eigenvalue weighted by Gasteiger charge is -2.10. The van der Waals surface area contributed by atoms with Gasteiger partial charge in [-0.05, 0) is 36.2 Å². The number of pyridine rings is 1. The molecule has 0 saturated carbocycles. The van der Waals surface area contributed by atoms with E-state index in [2.05, 4.69) is 4.98 Å². The number of aryl methyl sites for hydroxylation is 1. The maximum absolute atomic E-state index is 12.6. The van der Waals surface area contributed by atoms with Gasteiger partial charge in [0.05, 0.1) is 11.1 Å². The molecule has 1 aromatic carbocycles. The normalized spacial score (nSPS) is 12.1. The van der Waals surface area contributed by atoms with E-state index in [-0.39, 0.29) is 6.54 Å². The Morgan fingerprint density at radius 2 is 2.00 bits per heavy atom. The molecule has 0 saturated heterocycles. The highest BCUT2D eigenvalue weighted by Crippen LogP contribution is 2.32. The number of benzene rings is 1. The average Bonchev–Trinajstić information content (AvgIpc) is 2.28. The Morgan fingerprint density at radius 3 is 2.59 bits per heavy atom. The smallest absolute Gasteiger partial charge is 0.326 e. The number of nitrogens with zero attached hydrogens (tertiary/aromatic N) is 1. The summed E-state index contributed by atoms with van der Waals surface area (Å²) in [6, 6.07) is 3.54. The van der Waals surface area contributed by atoms with Gasteiger partial charge in [-0.1, -0.05) is 0 Å². The van der Waals surface area contributed by atoms with E-state index in [1.807, 2.05) is 0 Å². The Kier molecular flexibility index (Phi) is 2.79. The first-order valence-corrected chi connectivity index (χ1v) is 5.09. The highest BCUT2D eigenvalue weighted by atomic mass is 19.4. The fourth-order valence-electron chi connectivity index (χ4n) is 1.75. The minimum absolute atomic E-state index is 0.269. The second-order valence-corrected chi connectivity index (χ2v) is 3.84. The van der Waals surface area contributed by atoms with Gasteiger partial charge in [-0.2, -0.15) is 13.2 Å². The monoisotopic (exact) mass is 240 g/mol. The third kappa shape index (κ3) is 2.10. The topological polar surface area (TPSA) is 38.9 Å². The summed E-state index contributed by atoms with van der Waals surface area (Å²) in [5.41, 5.74) is 6.90. The van der Waals surface area contributed by atoms with Crippen molar-refractivity contribution in [3.8, 4) is 0 Å². The fraction of sp³-hybridized carbons (Fsp3) is 0.250. The summed E-state index contributed by atoms with van der Waals surface area (Å²) < 4.78 is 37.8. The predicted molar refractivity (Wildman–Crippen MR) is 59.4 cm³/mol. The zero-order chi connectivity index (χ0) is 12.6. The lowest BCUT2D eigenvalue weighted by molar-refractivity contribution is -0.137. The summed E-state index contributed by atoms with van der Waals surface area (Å²) in [6.07, 6.45) is -2.73. The Hall–Kier alpha value is -1.62. The van der Waals surface area contributed by atoms with Crippen LogP contribution in [-0.2, 0) is 12.7 Å². The summed E-state index contributed by atoms with van der Waals surface area (Å²) in [4.78, 5) is 4.09. The van der Waals surface area contributed by atoms with Crippen molar-refractivity contribution >= 4 is 10.9 Å². The van der Waals surface area contributed by atoms with Crippen molar-refractivity contribution in [3.05, 3.63) is 41.1 Å². The molecule has 1 heterocycles. The van der Waals surface area contributed by atoms with Gasteiger partial charge >= 0.3 is 6.18 Å². The van der Waals surface area contributed by atoms with Crippen LogP contribution in [0.15, 0.2) is 24.4 Å².